The minimum Gasteiger partial charge on any atom is -0.393 e. The third-order valence-corrected chi connectivity index (χ3v) is 9.75. The average Bonchev–Trinajstić information content (AvgIpc) is 2.98. The molecule has 29 heavy (non-hydrogen) atoms. The van der Waals surface area contributed by atoms with E-state index in [-0.39, 0.29) is 6.10 Å². The molecule has 0 aromatic heterocycles. The number of fused-ring (bicyclic) bond motifs is 5. The van der Waals surface area contributed by atoms with Crippen LogP contribution in [0.3, 0.4) is 0 Å². The fraction of sp³-hybridized carbons (Fsp3) is 0.852. The summed E-state index contributed by atoms with van der Waals surface area (Å²) < 4.78 is 0. The van der Waals surface area contributed by atoms with Gasteiger partial charge in [0.2, 0.25) is 0 Å². The van der Waals surface area contributed by atoms with Crippen LogP contribution in [-0.4, -0.2) is 21.9 Å². The van der Waals surface area contributed by atoms with Gasteiger partial charge in [0.1, 0.15) is 0 Å². The molecule has 3 fully saturated rings. The summed E-state index contributed by atoms with van der Waals surface area (Å²) >= 11 is 0. The molecule has 0 saturated heterocycles. The maximum absolute atomic E-state index is 10.2. The van der Waals surface area contributed by atoms with Gasteiger partial charge in [-0.05, 0) is 99.7 Å². The third kappa shape index (κ3) is 3.78. The van der Waals surface area contributed by atoms with Crippen LogP contribution in [0.2, 0.25) is 0 Å². The molecule has 2 nitrogen and oxygen atoms in total. The molecule has 4 rings (SSSR count). The van der Waals surface area contributed by atoms with Crippen LogP contribution in [0.15, 0.2) is 23.3 Å². The van der Waals surface area contributed by atoms with Crippen molar-refractivity contribution >= 4 is 0 Å². The molecule has 7 atom stereocenters. The molecule has 0 unspecified atom stereocenters. The van der Waals surface area contributed by atoms with Gasteiger partial charge in [0.15, 0.2) is 0 Å². The monoisotopic (exact) mass is 400 g/mol. The zero-order valence-electron chi connectivity index (χ0n) is 19.5. The van der Waals surface area contributed by atoms with Gasteiger partial charge in [0, 0.05) is 0 Å². The molecule has 0 aliphatic heterocycles. The van der Waals surface area contributed by atoms with Gasteiger partial charge in [-0.3, -0.25) is 0 Å². The standard InChI is InChI=1S/C27H44O2/c1-18(7-6-14-25(2,3)29)22-10-11-23-21-9-8-19-17-20(28)12-15-26(19,4)24(21)13-16-27(22,23)5/h8-9,18,20,22-24,28-29H,6-7,10-17H2,1-5H3/t18-,20-,22+,23-,24+,26+,27-/m1/s1. The lowest BCUT2D eigenvalue weighted by Crippen LogP contribution is -2.46. The molecule has 0 bridgehead atoms. The summed E-state index contributed by atoms with van der Waals surface area (Å²) in [6, 6.07) is 0. The van der Waals surface area contributed by atoms with Crippen LogP contribution in [0.5, 0.6) is 0 Å². The van der Waals surface area contributed by atoms with Crippen molar-refractivity contribution in [2.45, 2.75) is 111 Å². The molecule has 4 aliphatic rings. The van der Waals surface area contributed by atoms with Gasteiger partial charge in [-0.1, -0.05) is 56.9 Å². The molecule has 0 heterocycles. The predicted octanol–water partition coefficient (Wildman–Crippen LogP) is 6.42. The smallest absolute Gasteiger partial charge is 0.0591 e. The Balaban J connectivity index is 1.51. The molecule has 0 aromatic carbocycles. The first kappa shape index (κ1) is 21.6. The van der Waals surface area contributed by atoms with Gasteiger partial charge in [0.05, 0.1) is 11.7 Å². The first-order valence-corrected chi connectivity index (χ1v) is 12.4. The van der Waals surface area contributed by atoms with Gasteiger partial charge in [-0.25, -0.2) is 0 Å². The van der Waals surface area contributed by atoms with Crippen LogP contribution in [0, 0.1) is 34.5 Å². The van der Waals surface area contributed by atoms with Crippen molar-refractivity contribution < 1.29 is 10.2 Å². The van der Waals surface area contributed by atoms with E-state index in [4.69, 9.17) is 0 Å². The Kier molecular flexibility index (Phi) is 5.61. The zero-order chi connectivity index (χ0) is 21.0. The van der Waals surface area contributed by atoms with Crippen molar-refractivity contribution in [1.29, 1.82) is 0 Å². The van der Waals surface area contributed by atoms with Crippen LogP contribution in [-0.2, 0) is 0 Å². The van der Waals surface area contributed by atoms with E-state index in [1.54, 1.807) is 5.57 Å². The Morgan fingerprint density at radius 1 is 1.07 bits per heavy atom. The van der Waals surface area contributed by atoms with E-state index in [0.29, 0.717) is 16.7 Å². The largest absolute Gasteiger partial charge is 0.393 e. The Bertz CT molecular complexity index is 683. The SMILES string of the molecule is C[C@H](CCCC(C)(C)O)[C@@H]1CC[C@@H]2C3=CC=C4C[C@H](O)CC[C@]4(C)[C@H]3CC[C@@]21C. The van der Waals surface area contributed by atoms with E-state index in [0.717, 1.165) is 49.9 Å². The normalized spacial score (nSPS) is 43.0. The Labute approximate surface area is 178 Å². The van der Waals surface area contributed by atoms with E-state index in [2.05, 4.69) is 32.9 Å². The molecule has 0 spiro atoms. The molecular formula is C27H44O2. The fourth-order valence-electron chi connectivity index (χ4n) is 8.02. The third-order valence-electron chi connectivity index (χ3n) is 9.75. The Morgan fingerprint density at radius 2 is 1.83 bits per heavy atom. The quantitative estimate of drug-likeness (QED) is 0.559. The van der Waals surface area contributed by atoms with Gasteiger partial charge in [-0.15, -0.1) is 0 Å². The summed E-state index contributed by atoms with van der Waals surface area (Å²) in [4.78, 5) is 0. The topological polar surface area (TPSA) is 40.5 Å². The molecule has 0 radical (unpaired) electrons. The summed E-state index contributed by atoms with van der Waals surface area (Å²) in [5.41, 5.74) is 3.49. The van der Waals surface area contributed by atoms with Crippen molar-refractivity contribution in [3.63, 3.8) is 0 Å². The first-order valence-electron chi connectivity index (χ1n) is 12.4. The van der Waals surface area contributed by atoms with Gasteiger partial charge in [-0.2, -0.15) is 0 Å². The molecule has 0 aromatic rings. The second-order valence-electron chi connectivity index (χ2n) is 12.2. The number of hydrogen-bond donors (Lipinski definition) is 2. The Morgan fingerprint density at radius 3 is 2.55 bits per heavy atom. The molecule has 0 amide bonds. The van der Waals surface area contributed by atoms with Crippen LogP contribution in [0.4, 0.5) is 0 Å². The van der Waals surface area contributed by atoms with Crippen molar-refractivity contribution in [3.05, 3.63) is 23.3 Å². The summed E-state index contributed by atoms with van der Waals surface area (Å²) in [6.07, 6.45) is 16.5. The molecule has 2 N–H and O–H groups in total. The van der Waals surface area contributed by atoms with Crippen molar-refractivity contribution in [3.8, 4) is 0 Å². The van der Waals surface area contributed by atoms with E-state index in [1.807, 2.05) is 13.8 Å². The lowest BCUT2D eigenvalue weighted by Gasteiger charge is -2.55. The van der Waals surface area contributed by atoms with Gasteiger partial charge in [0.25, 0.3) is 0 Å². The summed E-state index contributed by atoms with van der Waals surface area (Å²) in [6.45, 7) is 11.5. The molecule has 3 saturated carbocycles. The number of hydrogen-bond acceptors (Lipinski definition) is 2. The second-order valence-corrected chi connectivity index (χ2v) is 12.2. The maximum Gasteiger partial charge on any atom is 0.0591 e. The maximum atomic E-state index is 10.2. The summed E-state index contributed by atoms with van der Waals surface area (Å²) in [7, 11) is 0. The molecular weight excluding hydrogens is 356 g/mol. The highest BCUT2D eigenvalue weighted by Crippen LogP contribution is 2.66. The second kappa shape index (κ2) is 7.52. The number of aliphatic hydroxyl groups excluding tert-OH is 1. The van der Waals surface area contributed by atoms with E-state index in [1.165, 1.54) is 37.7 Å². The molecule has 164 valence electrons. The highest BCUT2D eigenvalue weighted by molar-refractivity contribution is 5.38. The van der Waals surface area contributed by atoms with Crippen molar-refractivity contribution in [2.75, 3.05) is 0 Å². The van der Waals surface area contributed by atoms with Crippen LogP contribution < -0.4 is 0 Å². The van der Waals surface area contributed by atoms with Crippen LogP contribution in [0.25, 0.3) is 0 Å². The fourth-order valence-corrected chi connectivity index (χ4v) is 8.02. The summed E-state index contributed by atoms with van der Waals surface area (Å²) in [5.74, 6) is 3.03. The number of rotatable bonds is 5. The number of aliphatic hydroxyl groups is 2. The van der Waals surface area contributed by atoms with Gasteiger partial charge < -0.3 is 10.2 Å². The molecule has 2 heteroatoms. The van der Waals surface area contributed by atoms with Gasteiger partial charge >= 0.3 is 0 Å². The van der Waals surface area contributed by atoms with Crippen molar-refractivity contribution in [1.82, 2.24) is 0 Å². The van der Waals surface area contributed by atoms with E-state index in [9.17, 15) is 10.2 Å². The lowest BCUT2D eigenvalue weighted by molar-refractivity contribution is 0.0298. The first-order chi connectivity index (χ1) is 13.5. The highest BCUT2D eigenvalue weighted by atomic mass is 16.3. The summed E-state index contributed by atoms with van der Waals surface area (Å²) in [5, 5.41) is 20.3. The minimum atomic E-state index is -0.528. The number of allylic oxidation sites excluding steroid dienone is 3. The Hall–Kier alpha value is -0.600. The zero-order valence-corrected chi connectivity index (χ0v) is 19.5. The van der Waals surface area contributed by atoms with Crippen molar-refractivity contribution in [2.24, 2.45) is 34.5 Å². The predicted molar refractivity (Wildman–Crippen MR) is 120 cm³/mol. The molecule has 4 aliphatic carbocycles. The van der Waals surface area contributed by atoms with Crippen LogP contribution >= 0.6 is 0 Å². The van der Waals surface area contributed by atoms with E-state index >= 15 is 0 Å². The van der Waals surface area contributed by atoms with E-state index < -0.39 is 5.60 Å². The van der Waals surface area contributed by atoms with Crippen LogP contribution in [0.1, 0.15) is 98.8 Å². The average molecular weight is 401 g/mol. The highest BCUT2D eigenvalue weighted by Gasteiger charge is 2.56. The lowest BCUT2D eigenvalue weighted by atomic mass is 9.50. The minimum absolute atomic E-state index is 0.126.